The second-order valence-corrected chi connectivity index (χ2v) is 10.0. The number of methoxy groups -OCH3 is 4. The van der Waals surface area contributed by atoms with Crippen LogP contribution in [0.2, 0.25) is 0 Å². The van der Waals surface area contributed by atoms with E-state index in [0.717, 1.165) is 36.0 Å². The van der Waals surface area contributed by atoms with Crippen molar-refractivity contribution in [3.63, 3.8) is 0 Å². The lowest BCUT2D eigenvalue weighted by Gasteiger charge is -2.43. The van der Waals surface area contributed by atoms with Crippen molar-refractivity contribution in [1.29, 1.82) is 0 Å². The number of hydrogen-bond donors (Lipinski definition) is 1. The number of ether oxygens (including phenoxy) is 4. The lowest BCUT2D eigenvalue weighted by Crippen LogP contribution is -2.54. The van der Waals surface area contributed by atoms with Gasteiger partial charge in [-0.1, -0.05) is 56.3 Å². The van der Waals surface area contributed by atoms with E-state index in [1.807, 2.05) is 42.5 Å². The first-order valence-electron chi connectivity index (χ1n) is 12.2. The summed E-state index contributed by atoms with van der Waals surface area (Å²) in [5.74, 6) is 0.895. The van der Waals surface area contributed by atoms with Crippen LogP contribution in [0.15, 0.2) is 48.5 Å². The topological polar surface area (TPSA) is 66.0 Å². The summed E-state index contributed by atoms with van der Waals surface area (Å²) in [6.07, 6.45) is 7.03. The number of rotatable bonds is 7. The maximum absolute atomic E-state index is 13.1. The molecule has 6 heteroatoms. The normalized spacial score (nSPS) is 30.7. The molecular formula is C29H37NO5. The van der Waals surface area contributed by atoms with Gasteiger partial charge in [-0.3, -0.25) is 4.79 Å². The molecule has 0 bridgehead atoms. The molecule has 2 aromatic carbocycles. The van der Waals surface area contributed by atoms with Gasteiger partial charge in [0.25, 0.3) is 5.91 Å². The Bertz CT molecular complexity index is 1080. The molecule has 4 rings (SSSR count). The van der Waals surface area contributed by atoms with Gasteiger partial charge in [-0.25, -0.2) is 0 Å². The number of amides is 1. The largest absolute Gasteiger partial charge is 0.496 e. The van der Waals surface area contributed by atoms with Gasteiger partial charge in [0.1, 0.15) is 5.75 Å². The van der Waals surface area contributed by atoms with Gasteiger partial charge in [0, 0.05) is 26.9 Å². The predicted molar refractivity (Wildman–Crippen MR) is 138 cm³/mol. The smallest absolute Gasteiger partial charge is 0.257 e. The summed E-state index contributed by atoms with van der Waals surface area (Å²) in [7, 11) is 6.60. The van der Waals surface area contributed by atoms with Gasteiger partial charge in [-0.15, -0.1) is 0 Å². The van der Waals surface area contributed by atoms with Crippen LogP contribution in [0.4, 0.5) is 5.69 Å². The second kappa shape index (κ2) is 10.1. The number of fused-ring (bicyclic) bond motifs is 1. The minimum absolute atomic E-state index is 0.0659. The fourth-order valence-corrected chi connectivity index (χ4v) is 6.04. The second-order valence-electron chi connectivity index (χ2n) is 10.0. The lowest BCUT2D eigenvalue weighted by molar-refractivity contribution is -0.147. The maximum atomic E-state index is 13.1. The molecule has 2 aliphatic rings. The molecule has 1 fully saturated rings. The molecule has 1 N–H and O–H groups in total. The van der Waals surface area contributed by atoms with Crippen LogP contribution in [0, 0.1) is 11.3 Å². The predicted octanol–water partition coefficient (Wildman–Crippen LogP) is 5.41. The van der Waals surface area contributed by atoms with E-state index in [-0.39, 0.29) is 11.3 Å². The summed E-state index contributed by atoms with van der Waals surface area (Å²) < 4.78 is 23.6. The van der Waals surface area contributed by atoms with E-state index >= 15 is 0 Å². The molecule has 1 heterocycles. The summed E-state index contributed by atoms with van der Waals surface area (Å²) in [6, 6.07) is 13.6. The molecule has 35 heavy (non-hydrogen) atoms. The van der Waals surface area contributed by atoms with Crippen LogP contribution in [-0.2, 0) is 24.6 Å². The fraction of sp³-hybridized carbons (Fsp3) is 0.483. The highest BCUT2D eigenvalue weighted by molar-refractivity contribution is 6.01. The summed E-state index contributed by atoms with van der Waals surface area (Å²) in [4.78, 5) is 13.1. The highest BCUT2D eigenvalue weighted by atomic mass is 16.5. The van der Waals surface area contributed by atoms with Crippen LogP contribution in [0.25, 0.3) is 6.08 Å². The van der Waals surface area contributed by atoms with Gasteiger partial charge in [-0.05, 0) is 48.3 Å². The number of hydrogen-bond acceptors (Lipinski definition) is 5. The third-order valence-electron chi connectivity index (χ3n) is 7.78. The van der Waals surface area contributed by atoms with Crippen molar-refractivity contribution in [2.75, 3.05) is 33.8 Å². The summed E-state index contributed by atoms with van der Waals surface area (Å²) >= 11 is 0. The van der Waals surface area contributed by atoms with Gasteiger partial charge < -0.3 is 24.3 Å². The monoisotopic (exact) mass is 479 g/mol. The van der Waals surface area contributed by atoms with Crippen molar-refractivity contribution in [1.82, 2.24) is 0 Å². The number of carbonyl (C=O) groups is 1. The molecular weight excluding hydrogens is 442 g/mol. The average molecular weight is 480 g/mol. The maximum Gasteiger partial charge on any atom is 0.257 e. The number of carbonyl (C=O) groups excluding carboxylic acids is 1. The van der Waals surface area contributed by atoms with Crippen LogP contribution in [0.3, 0.4) is 0 Å². The van der Waals surface area contributed by atoms with Crippen LogP contribution < -0.4 is 10.1 Å². The quantitative estimate of drug-likeness (QED) is 0.575. The highest BCUT2D eigenvalue weighted by Crippen LogP contribution is 2.50. The molecule has 1 aliphatic heterocycles. The lowest BCUT2D eigenvalue weighted by atomic mass is 9.70. The molecule has 6 nitrogen and oxygen atoms in total. The first kappa shape index (κ1) is 25.4. The molecule has 188 valence electrons. The van der Waals surface area contributed by atoms with Crippen molar-refractivity contribution >= 4 is 17.7 Å². The molecule has 0 spiro atoms. The first-order valence-corrected chi connectivity index (χ1v) is 12.2. The van der Waals surface area contributed by atoms with E-state index in [4.69, 9.17) is 18.9 Å². The Kier molecular flexibility index (Phi) is 7.36. The SMILES string of the molecule is COc1c(/C=C/[C@]2(C)CC[C@H](OC)[C@@H](C)C2)ccc2c1[C@@](OC)(c1ccccc1)[C@H](OC)C(=O)N2. The van der Waals surface area contributed by atoms with Gasteiger partial charge in [0.05, 0.1) is 24.5 Å². The van der Waals surface area contributed by atoms with Crippen LogP contribution >= 0.6 is 0 Å². The van der Waals surface area contributed by atoms with Crippen molar-refractivity contribution in [3.05, 3.63) is 65.2 Å². The molecule has 0 unspecified atom stereocenters. The fourth-order valence-electron chi connectivity index (χ4n) is 6.04. The standard InChI is InChI=1S/C29H37NO5/c1-19-18-28(2,17-15-23(19)32-3)16-14-20-12-13-22-24(25(20)33-4)29(35-6,21-10-8-7-9-11-21)26(34-5)27(31)30-22/h7-14,16,19,23,26H,15,17-18H2,1-6H3,(H,30,31)/b16-14+/t19-,23-,26+,28+,29-/m0/s1. The van der Waals surface area contributed by atoms with Crippen molar-refractivity contribution in [3.8, 4) is 5.75 Å². The highest BCUT2D eigenvalue weighted by Gasteiger charge is 2.53. The zero-order chi connectivity index (χ0) is 25.2. The minimum atomic E-state index is -1.17. The Hall–Kier alpha value is -2.67. The first-order chi connectivity index (χ1) is 16.8. The van der Waals surface area contributed by atoms with Gasteiger partial charge in [-0.2, -0.15) is 0 Å². The number of nitrogens with one attached hydrogen (secondary N) is 1. The third-order valence-corrected chi connectivity index (χ3v) is 7.78. The van der Waals surface area contributed by atoms with Crippen molar-refractivity contribution in [2.24, 2.45) is 11.3 Å². The van der Waals surface area contributed by atoms with Crippen molar-refractivity contribution in [2.45, 2.75) is 50.9 Å². The Morgan fingerprint density at radius 2 is 1.77 bits per heavy atom. The zero-order valence-corrected chi connectivity index (χ0v) is 21.6. The Labute approximate surface area is 208 Å². The van der Waals surface area contributed by atoms with E-state index in [9.17, 15) is 4.79 Å². The van der Waals surface area contributed by atoms with Crippen molar-refractivity contribution < 1.29 is 23.7 Å². The minimum Gasteiger partial charge on any atom is -0.496 e. The molecule has 2 aromatic rings. The van der Waals surface area contributed by atoms with Crippen LogP contribution in [0.5, 0.6) is 5.75 Å². The number of anilines is 1. The van der Waals surface area contributed by atoms with Gasteiger partial charge in [0.2, 0.25) is 0 Å². The summed E-state index contributed by atoms with van der Waals surface area (Å²) in [5, 5.41) is 2.99. The van der Waals surface area contributed by atoms with E-state index in [2.05, 4.69) is 31.3 Å². The number of allylic oxidation sites excluding steroid dienone is 1. The van der Waals surface area contributed by atoms with E-state index < -0.39 is 11.7 Å². The molecule has 0 saturated heterocycles. The molecule has 1 amide bonds. The summed E-state index contributed by atoms with van der Waals surface area (Å²) in [5.41, 5.74) is 2.06. The Morgan fingerprint density at radius 3 is 2.37 bits per heavy atom. The van der Waals surface area contributed by atoms with Crippen LogP contribution in [0.1, 0.15) is 49.8 Å². The van der Waals surface area contributed by atoms with E-state index in [1.165, 1.54) is 7.11 Å². The third kappa shape index (κ3) is 4.39. The molecule has 5 atom stereocenters. The molecule has 1 saturated carbocycles. The number of benzene rings is 2. The summed E-state index contributed by atoms with van der Waals surface area (Å²) in [6.45, 7) is 4.57. The Morgan fingerprint density at radius 1 is 1.03 bits per heavy atom. The van der Waals surface area contributed by atoms with Gasteiger partial charge in [0.15, 0.2) is 11.7 Å². The van der Waals surface area contributed by atoms with Crippen LogP contribution in [-0.4, -0.2) is 46.6 Å². The van der Waals surface area contributed by atoms with E-state index in [0.29, 0.717) is 23.5 Å². The molecule has 0 radical (unpaired) electrons. The molecule has 0 aromatic heterocycles. The van der Waals surface area contributed by atoms with E-state index in [1.54, 1.807) is 21.3 Å². The van der Waals surface area contributed by atoms with Gasteiger partial charge >= 0.3 is 0 Å². The average Bonchev–Trinajstić information content (AvgIpc) is 2.87. The Balaban J connectivity index is 1.84. The zero-order valence-electron chi connectivity index (χ0n) is 21.6. The molecule has 1 aliphatic carbocycles.